The number of rotatable bonds is 3. The second-order valence-electron chi connectivity index (χ2n) is 9.36. The Hall–Kier alpha value is -4.45. The van der Waals surface area contributed by atoms with Gasteiger partial charge in [0.25, 0.3) is 0 Å². The van der Waals surface area contributed by atoms with Crippen molar-refractivity contribution < 1.29 is 23.5 Å². The lowest BCUT2D eigenvalue weighted by molar-refractivity contribution is -0.135. The smallest absolute Gasteiger partial charge is 0.312 e. The molecule has 36 heavy (non-hydrogen) atoms. The number of carbonyl (C=O) groups excluding carboxylic acids is 2. The van der Waals surface area contributed by atoms with E-state index >= 15 is 0 Å². The zero-order valence-corrected chi connectivity index (χ0v) is 19.7. The summed E-state index contributed by atoms with van der Waals surface area (Å²) in [5.74, 6) is -0.233. The Morgan fingerprint density at radius 3 is 2.47 bits per heavy atom. The van der Waals surface area contributed by atoms with E-state index in [0.717, 1.165) is 5.56 Å². The first-order chi connectivity index (χ1) is 17.4. The first-order valence-corrected chi connectivity index (χ1v) is 11.8. The number of ether oxygens (including phenoxy) is 2. The molecule has 0 unspecified atom stereocenters. The molecule has 1 atom stereocenters. The minimum Gasteiger partial charge on any atom is -0.464 e. The number of ketones is 1. The Balaban J connectivity index is 1.45. The van der Waals surface area contributed by atoms with Crippen molar-refractivity contribution in [3.63, 3.8) is 0 Å². The van der Waals surface area contributed by atoms with Crippen LogP contribution in [-0.2, 0) is 4.79 Å². The maximum Gasteiger partial charge on any atom is 0.312 e. The van der Waals surface area contributed by atoms with Crippen molar-refractivity contribution in [1.82, 2.24) is 0 Å². The number of allylic oxidation sites excluding steroid dienone is 1. The largest absolute Gasteiger partial charge is 0.464 e. The van der Waals surface area contributed by atoms with E-state index in [-0.39, 0.29) is 29.1 Å². The zero-order valence-electron chi connectivity index (χ0n) is 19.7. The van der Waals surface area contributed by atoms with Crippen molar-refractivity contribution in [3.05, 3.63) is 111 Å². The van der Waals surface area contributed by atoms with Crippen LogP contribution in [0.25, 0.3) is 17.0 Å². The summed E-state index contributed by atoms with van der Waals surface area (Å²) in [5, 5.41) is 0.422. The number of hydrogen-bond acceptors (Lipinski definition) is 6. The summed E-state index contributed by atoms with van der Waals surface area (Å²) in [6.45, 7) is 4.24. The first-order valence-electron chi connectivity index (χ1n) is 11.8. The Morgan fingerprint density at radius 1 is 0.917 bits per heavy atom. The normalized spacial score (nSPS) is 17.8. The quantitative estimate of drug-likeness (QED) is 0.205. The van der Waals surface area contributed by atoms with Gasteiger partial charge >= 0.3 is 5.97 Å². The minimum absolute atomic E-state index is 0.0696. The highest BCUT2D eigenvalue weighted by molar-refractivity contribution is 6.15. The number of para-hydroxylation sites is 1. The second kappa shape index (κ2) is 8.34. The maximum absolute atomic E-state index is 13.4. The molecule has 0 radical (unpaired) electrons. The van der Waals surface area contributed by atoms with E-state index in [4.69, 9.17) is 13.9 Å². The van der Waals surface area contributed by atoms with Crippen molar-refractivity contribution in [1.29, 1.82) is 0 Å². The van der Waals surface area contributed by atoms with E-state index in [2.05, 4.69) is 13.8 Å². The van der Waals surface area contributed by atoms with Crippen molar-refractivity contribution in [2.75, 3.05) is 0 Å². The van der Waals surface area contributed by atoms with Crippen LogP contribution in [0.1, 0.15) is 64.7 Å². The molecule has 6 heteroatoms. The molecule has 0 saturated carbocycles. The highest BCUT2D eigenvalue weighted by Gasteiger charge is 2.39. The number of hydrogen-bond donors (Lipinski definition) is 0. The lowest BCUT2D eigenvalue weighted by Crippen LogP contribution is -2.25. The van der Waals surface area contributed by atoms with Gasteiger partial charge in [-0.2, -0.15) is 0 Å². The van der Waals surface area contributed by atoms with E-state index in [9.17, 15) is 14.4 Å². The maximum atomic E-state index is 13.4. The molecule has 2 aliphatic heterocycles. The Labute approximate surface area is 206 Å². The van der Waals surface area contributed by atoms with E-state index < -0.39 is 11.9 Å². The summed E-state index contributed by atoms with van der Waals surface area (Å²) >= 11 is 0. The van der Waals surface area contributed by atoms with Gasteiger partial charge in [0, 0.05) is 17.0 Å². The average molecular weight is 479 g/mol. The molecular weight excluding hydrogens is 456 g/mol. The lowest BCUT2D eigenvalue weighted by Gasteiger charge is -2.25. The second-order valence-corrected chi connectivity index (χ2v) is 9.36. The molecule has 2 aliphatic rings. The van der Waals surface area contributed by atoms with Gasteiger partial charge < -0.3 is 13.9 Å². The topological polar surface area (TPSA) is 82.8 Å². The van der Waals surface area contributed by atoms with Gasteiger partial charge in [0.2, 0.25) is 5.78 Å². The molecule has 4 aromatic rings. The summed E-state index contributed by atoms with van der Waals surface area (Å²) in [6.07, 6.45) is 3.02. The van der Waals surface area contributed by atoms with Crippen LogP contribution in [0.4, 0.5) is 0 Å². The highest BCUT2D eigenvalue weighted by Crippen LogP contribution is 2.48. The third-order valence-corrected chi connectivity index (χ3v) is 6.76. The molecule has 0 bridgehead atoms. The minimum atomic E-state index is -0.672. The van der Waals surface area contributed by atoms with E-state index in [1.54, 1.807) is 42.5 Å². The van der Waals surface area contributed by atoms with Gasteiger partial charge in [-0.05, 0) is 47.4 Å². The molecule has 6 rings (SSSR count). The van der Waals surface area contributed by atoms with Gasteiger partial charge in [0.1, 0.15) is 17.1 Å². The highest BCUT2D eigenvalue weighted by atomic mass is 16.5. The number of esters is 1. The molecule has 3 heterocycles. The molecule has 0 fully saturated rings. The Morgan fingerprint density at radius 2 is 1.69 bits per heavy atom. The van der Waals surface area contributed by atoms with Crippen molar-refractivity contribution in [2.45, 2.75) is 32.1 Å². The fourth-order valence-corrected chi connectivity index (χ4v) is 4.83. The summed E-state index contributed by atoms with van der Waals surface area (Å²) in [5.41, 5.74) is 3.45. The fourth-order valence-electron chi connectivity index (χ4n) is 4.83. The van der Waals surface area contributed by atoms with E-state index in [0.29, 0.717) is 39.3 Å². The summed E-state index contributed by atoms with van der Waals surface area (Å²) < 4.78 is 17.3. The summed E-state index contributed by atoms with van der Waals surface area (Å²) in [7, 11) is 0. The van der Waals surface area contributed by atoms with Crippen LogP contribution in [0.15, 0.2) is 81.9 Å². The van der Waals surface area contributed by atoms with Crippen LogP contribution in [0.3, 0.4) is 0 Å². The molecular formula is C30H22O6. The van der Waals surface area contributed by atoms with E-state index in [1.165, 1.54) is 11.8 Å². The molecule has 3 aromatic carbocycles. The van der Waals surface area contributed by atoms with Crippen LogP contribution in [-0.4, -0.2) is 11.8 Å². The molecule has 1 aromatic heterocycles. The summed E-state index contributed by atoms with van der Waals surface area (Å²) in [6, 6.07) is 18.1. The number of Topliss-reactive ketones (excluding diaryl/α,β-unsaturated/α-hetero) is 1. The molecule has 178 valence electrons. The Kier molecular flexibility index (Phi) is 5.11. The van der Waals surface area contributed by atoms with Crippen LogP contribution in [0, 0.1) is 0 Å². The van der Waals surface area contributed by atoms with Gasteiger partial charge in [0.05, 0.1) is 23.6 Å². The van der Waals surface area contributed by atoms with Gasteiger partial charge in [-0.25, -0.2) is 0 Å². The van der Waals surface area contributed by atoms with Crippen molar-refractivity contribution >= 4 is 28.8 Å². The van der Waals surface area contributed by atoms with Crippen molar-refractivity contribution in [2.24, 2.45) is 0 Å². The Bertz CT molecular complexity index is 1640. The number of benzene rings is 3. The standard InChI is InChI=1S/C30H22O6/c1-16(2)18-9-7-17(8-10-18)13-25-29(33)20-11-12-24-27(30(20)36-25)21(14-26(31)35-24)22-15-34-23-6-4-3-5-19(23)28(22)32/h3-13,15-16,21H,14H2,1-2H3/b25-13-/t21-/m1/s1. The third kappa shape index (κ3) is 3.53. The van der Waals surface area contributed by atoms with E-state index in [1.807, 2.05) is 24.3 Å². The predicted molar refractivity (Wildman–Crippen MR) is 134 cm³/mol. The third-order valence-electron chi connectivity index (χ3n) is 6.76. The van der Waals surface area contributed by atoms with Gasteiger partial charge in [0.15, 0.2) is 11.2 Å². The molecule has 0 N–H and O–H groups in total. The van der Waals surface area contributed by atoms with Gasteiger partial charge in [-0.1, -0.05) is 50.2 Å². The molecule has 6 nitrogen and oxygen atoms in total. The molecule has 0 amide bonds. The monoisotopic (exact) mass is 478 g/mol. The van der Waals surface area contributed by atoms with Gasteiger partial charge in [-0.15, -0.1) is 0 Å². The number of carbonyl (C=O) groups is 2. The molecule has 0 spiro atoms. The lowest BCUT2D eigenvalue weighted by atomic mass is 9.85. The first kappa shape index (κ1) is 22.0. The fraction of sp³-hybridized carbons (Fsp3) is 0.167. The van der Waals surface area contributed by atoms with Crippen molar-refractivity contribution in [3.8, 4) is 11.5 Å². The SMILES string of the molecule is CC(C)c1ccc(/C=C2\Oc3c(ccc4c3[C@@H](c3coc5ccccc5c3=O)CC(=O)O4)C2=O)cc1. The summed E-state index contributed by atoms with van der Waals surface area (Å²) in [4.78, 5) is 39.0. The molecule has 0 aliphatic carbocycles. The van der Waals surface area contributed by atoms with Crippen LogP contribution < -0.4 is 14.9 Å². The zero-order chi connectivity index (χ0) is 25.0. The number of fused-ring (bicyclic) bond motifs is 4. The van der Waals surface area contributed by atoms with Crippen LogP contribution in [0.2, 0.25) is 0 Å². The van der Waals surface area contributed by atoms with Crippen LogP contribution in [0.5, 0.6) is 11.5 Å². The van der Waals surface area contributed by atoms with Gasteiger partial charge in [-0.3, -0.25) is 14.4 Å². The average Bonchev–Trinajstić information content (AvgIpc) is 3.19. The van der Waals surface area contributed by atoms with Crippen LogP contribution >= 0.6 is 0 Å². The molecule has 0 saturated heterocycles. The predicted octanol–water partition coefficient (Wildman–Crippen LogP) is 5.97.